The van der Waals surface area contributed by atoms with Crippen molar-refractivity contribution in [2.45, 2.75) is 46.7 Å². The van der Waals surface area contributed by atoms with Gasteiger partial charge in [-0.3, -0.25) is 25.1 Å². The summed E-state index contributed by atoms with van der Waals surface area (Å²) in [5.74, 6) is -0.841. The van der Waals surface area contributed by atoms with Crippen LogP contribution in [0.2, 0.25) is 0 Å². The van der Waals surface area contributed by atoms with E-state index in [-0.39, 0.29) is 29.2 Å². The Hall–Kier alpha value is -2.90. The first-order valence-electron chi connectivity index (χ1n) is 7.95. The molecular weight excluding hydrogens is 324 g/mol. The number of hydrogen-bond donors (Lipinski definition) is 2. The van der Waals surface area contributed by atoms with E-state index in [1.807, 2.05) is 27.7 Å². The zero-order valence-electron chi connectivity index (χ0n) is 15.1. The fraction of sp³-hybridized carbons (Fsp3) is 0.412. The summed E-state index contributed by atoms with van der Waals surface area (Å²) in [6.07, 6.45) is 1.37. The Balaban J connectivity index is 2.79. The zero-order chi connectivity index (χ0) is 19.1. The highest BCUT2D eigenvalue weighted by Crippen LogP contribution is 2.17. The van der Waals surface area contributed by atoms with Crippen LogP contribution in [0.4, 0.5) is 5.69 Å². The van der Waals surface area contributed by atoms with E-state index in [9.17, 15) is 19.7 Å². The zero-order valence-corrected chi connectivity index (χ0v) is 15.1. The quantitative estimate of drug-likeness (QED) is 0.447. The molecule has 0 atom stereocenters. The molecule has 0 aliphatic rings. The number of hydrazine groups is 1. The normalized spacial score (nSPS) is 11.4. The average Bonchev–Trinajstić information content (AvgIpc) is 2.51. The lowest BCUT2D eigenvalue weighted by molar-refractivity contribution is -0.385. The van der Waals surface area contributed by atoms with Gasteiger partial charge in [-0.2, -0.15) is 0 Å². The number of para-hydroxylation sites is 1. The van der Waals surface area contributed by atoms with Gasteiger partial charge in [-0.25, -0.2) is 0 Å². The van der Waals surface area contributed by atoms with Crippen molar-refractivity contribution in [3.05, 3.63) is 51.7 Å². The number of nitro groups is 1. The van der Waals surface area contributed by atoms with Crippen LogP contribution in [0, 0.1) is 10.1 Å². The number of hydrogen-bond acceptors (Lipinski definition) is 5. The van der Waals surface area contributed by atoms with Gasteiger partial charge in [0.2, 0.25) is 5.91 Å². The van der Waals surface area contributed by atoms with E-state index in [1.165, 1.54) is 30.3 Å². The van der Waals surface area contributed by atoms with Crippen LogP contribution in [0.15, 0.2) is 36.0 Å². The molecular formula is C17H24N4O4. The van der Waals surface area contributed by atoms with Crippen molar-refractivity contribution in [1.82, 2.24) is 15.8 Å². The molecule has 0 unspecified atom stereocenters. The first-order chi connectivity index (χ1) is 11.6. The first-order valence-corrected chi connectivity index (χ1v) is 7.95. The predicted octanol–water partition coefficient (Wildman–Crippen LogP) is 2.38. The van der Waals surface area contributed by atoms with Crippen LogP contribution in [-0.4, -0.2) is 33.7 Å². The predicted molar refractivity (Wildman–Crippen MR) is 94.6 cm³/mol. The van der Waals surface area contributed by atoms with Crippen molar-refractivity contribution in [2.75, 3.05) is 0 Å². The summed E-state index contributed by atoms with van der Waals surface area (Å²) in [6, 6.07) is 5.72. The van der Waals surface area contributed by atoms with E-state index in [1.54, 1.807) is 11.8 Å². The minimum atomic E-state index is -0.655. The van der Waals surface area contributed by atoms with E-state index < -0.39 is 10.8 Å². The Morgan fingerprint density at radius 2 is 1.68 bits per heavy atom. The molecule has 2 N–H and O–H groups in total. The van der Waals surface area contributed by atoms with E-state index in [4.69, 9.17) is 0 Å². The van der Waals surface area contributed by atoms with E-state index in [0.717, 1.165) is 0 Å². The van der Waals surface area contributed by atoms with Gasteiger partial charge in [0.15, 0.2) is 0 Å². The molecule has 0 saturated heterocycles. The Bertz CT molecular complexity index is 675. The maximum Gasteiger partial charge on any atom is 0.282 e. The molecule has 2 amide bonds. The van der Waals surface area contributed by atoms with Gasteiger partial charge in [-0.15, -0.1) is 0 Å². The van der Waals surface area contributed by atoms with Crippen molar-refractivity contribution in [2.24, 2.45) is 0 Å². The van der Waals surface area contributed by atoms with Gasteiger partial charge in [0.05, 0.1) is 4.92 Å². The number of carbonyl (C=O) groups is 2. The summed E-state index contributed by atoms with van der Waals surface area (Å²) in [7, 11) is 0. The SMILES string of the molecule is C/C(=C\C(=O)N(C(C)C)C(C)C)NNC(=O)c1ccccc1[N+](=O)[O-]. The maximum atomic E-state index is 12.3. The molecule has 0 saturated carbocycles. The summed E-state index contributed by atoms with van der Waals surface area (Å²) in [6.45, 7) is 9.31. The van der Waals surface area contributed by atoms with Crippen molar-refractivity contribution in [3.8, 4) is 0 Å². The van der Waals surface area contributed by atoms with Gasteiger partial charge in [-0.1, -0.05) is 12.1 Å². The molecule has 0 aliphatic carbocycles. The second-order valence-corrected chi connectivity index (χ2v) is 6.11. The Labute approximate surface area is 147 Å². The molecule has 0 aliphatic heterocycles. The number of amides is 2. The highest BCUT2D eigenvalue weighted by molar-refractivity contribution is 5.98. The maximum absolute atomic E-state index is 12.3. The minimum absolute atomic E-state index is 0.0399. The van der Waals surface area contributed by atoms with Crippen LogP contribution < -0.4 is 10.9 Å². The van der Waals surface area contributed by atoms with Crippen LogP contribution in [0.25, 0.3) is 0 Å². The van der Waals surface area contributed by atoms with Crippen molar-refractivity contribution < 1.29 is 14.5 Å². The molecule has 25 heavy (non-hydrogen) atoms. The molecule has 0 bridgehead atoms. The van der Waals surface area contributed by atoms with Gasteiger partial charge in [-0.05, 0) is 40.7 Å². The number of nitro benzene ring substituents is 1. The lowest BCUT2D eigenvalue weighted by Gasteiger charge is -2.29. The summed E-state index contributed by atoms with van der Waals surface area (Å²) >= 11 is 0. The number of nitrogens with one attached hydrogen (secondary N) is 2. The summed E-state index contributed by atoms with van der Waals surface area (Å²) in [5.41, 5.74) is 5.03. The first kappa shape index (κ1) is 20.1. The number of rotatable bonds is 7. The van der Waals surface area contributed by atoms with Crippen LogP contribution in [0.1, 0.15) is 45.0 Å². The Kier molecular flexibility index (Phi) is 7.10. The summed E-state index contributed by atoms with van der Waals surface area (Å²) < 4.78 is 0. The van der Waals surface area contributed by atoms with Gasteiger partial charge in [0.1, 0.15) is 5.56 Å². The number of benzene rings is 1. The molecule has 8 nitrogen and oxygen atoms in total. The van der Waals surface area contributed by atoms with Gasteiger partial charge in [0.25, 0.3) is 11.6 Å². The standard InChI is InChI=1S/C17H24N4O4/c1-11(2)20(12(3)4)16(22)10-13(5)18-19-17(23)14-8-6-7-9-15(14)21(24)25/h6-12,18H,1-5H3,(H,19,23)/b13-10+. The lowest BCUT2D eigenvalue weighted by atomic mass is 10.2. The number of nitrogens with zero attached hydrogens (tertiary/aromatic N) is 2. The number of carbonyl (C=O) groups excluding carboxylic acids is 2. The molecule has 0 aromatic heterocycles. The summed E-state index contributed by atoms with van der Waals surface area (Å²) in [5, 5.41) is 11.0. The molecule has 1 aromatic rings. The lowest BCUT2D eigenvalue weighted by Crippen LogP contribution is -2.42. The van der Waals surface area contributed by atoms with E-state index in [0.29, 0.717) is 5.70 Å². The third-order valence-corrected chi connectivity index (χ3v) is 3.43. The van der Waals surface area contributed by atoms with Gasteiger partial charge < -0.3 is 10.3 Å². The minimum Gasteiger partial charge on any atom is -0.334 e. The topological polar surface area (TPSA) is 105 Å². The third kappa shape index (κ3) is 5.59. The molecule has 0 spiro atoms. The summed E-state index contributed by atoms with van der Waals surface area (Å²) in [4.78, 5) is 36.5. The van der Waals surface area contributed by atoms with Crippen LogP contribution in [0.3, 0.4) is 0 Å². The third-order valence-electron chi connectivity index (χ3n) is 3.43. The average molecular weight is 348 g/mol. The molecule has 8 heteroatoms. The Morgan fingerprint density at radius 3 is 2.20 bits per heavy atom. The highest BCUT2D eigenvalue weighted by atomic mass is 16.6. The van der Waals surface area contributed by atoms with Crippen molar-refractivity contribution in [1.29, 1.82) is 0 Å². The molecule has 136 valence electrons. The second kappa shape index (κ2) is 8.81. The fourth-order valence-electron chi connectivity index (χ4n) is 2.45. The fourth-order valence-corrected chi connectivity index (χ4v) is 2.45. The van der Waals surface area contributed by atoms with Crippen LogP contribution in [-0.2, 0) is 4.79 Å². The van der Waals surface area contributed by atoms with Crippen molar-refractivity contribution >= 4 is 17.5 Å². The Morgan fingerprint density at radius 1 is 1.12 bits per heavy atom. The van der Waals surface area contributed by atoms with E-state index in [2.05, 4.69) is 10.9 Å². The molecule has 0 heterocycles. The smallest absolute Gasteiger partial charge is 0.282 e. The monoisotopic (exact) mass is 348 g/mol. The second-order valence-electron chi connectivity index (χ2n) is 6.11. The highest BCUT2D eigenvalue weighted by Gasteiger charge is 2.20. The molecule has 1 rings (SSSR count). The molecule has 0 fully saturated rings. The van der Waals surface area contributed by atoms with Gasteiger partial charge >= 0.3 is 0 Å². The van der Waals surface area contributed by atoms with Crippen LogP contribution in [0.5, 0.6) is 0 Å². The number of allylic oxidation sites excluding steroid dienone is 1. The van der Waals surface area contributed by atoms with Crippen LogP contribution >= 0.6 is 0 Å². The van der Waals surface area contributed by atoms with E-state index >= 15 is 0 Å². The van der Waals surface area contributed by atoms with Crippen molar-refractivity contribution in [3.63, 3.8) is 0 Å². The van der Waals surface area contributed by atoms with Gasteiger partial charge in [0, 0.05) is 29.9 Å². The largest absolute Gasteiger partial charge is 0.334 e. The molecule has 1 aromatic carbocycles. The molecule has 0 radical (unpaired) electrons.